The predicted octanol–water partition coefficient (Wildman–Crippen LogP) is 2.79. The molecule has 1 aromatic carbocycles. The Balaban J connectivity index is 1.46. The van der Waals surface area contributed by atoms with Crippen LogP contribution in [0.15, 0.2) is 24.3 Å². The number of rotatable bonds is 6. The molecule has 2 N–H and O–H groups in total. The monoisotopic (exact) mass is 357 g/mol. The number of urea groups is 1. The molecule has 2 fully saturated rings. The van der Waals surface area contributed by atoms with Gasteiger partial charge < -0.3 is 10.6 Å². The fourth-order valence-corrected chi connectivity index (χ4v) is 3.76. The van der Waals surface area contributed by atoms with Gasteiger partial charge in [-0.25, -0.2) is 4.79 Å². The molecule has 1 saturated carbocycles. The van der Waals surface area contributed by atoms with Gasteiger partial charge in [-0.1, -0.05) is 38.8 Å². The fraction of sp³-hybridized carbons (Fsp3) is 0.550. The summed E-state index contributed by atoms with van der Waals surface area (Å²) in [5, 5.41) is 5.72. The average Bonchev–Trinajstić information content (AvgIpc) is 3.18. The van der Waals surface area contributed by atoms with Gasteiger partial charge in [0.1, 0.15) is 5.54 Å². The van der Waals surface area contributed by atoms with Crippen LogP contribution in [0.1, 0.15) is 67.8 Å². The molecule has 140 valence electrons. The van der Waals surface area contributed by atoms with E-state index in [9.17, 15) is 14.4 Å². The maximum Gasteiger partial charge on any atom is 0.325 e. The molecule has 1 aliphatic carbocycles. The van der Waals surface area contributed by atoms with Gasteiger partial charge in [0.2, 0.25) is 0 Å². The third kappa shape index (κ3) is 3.59. The molecule has 0 radical (unpaired) electrons. The van der Waals surface area contributed by atoms with Gasteiger partial charge in [0.15, 0.2) is 0 Å². The highest BCUT2D eigenvalue weighted by Crippen LogP contribution is 2.34. The van der Waals surface area contributed by atoms with Gasteiger partial charge in [-0.05, 0) is 42.9 Å². The SMILES string of the molecule is CC(C)c1ccc(C(=O)NCCCN2C(=O)NC3(CCCC3)C2=O)cc1. The molecule has 1 heterocycles. The Kier molecular flexibility index (Phi) is 5.30. The highest BCUT2D eigenvalue weighted by Gasteiger charge is 2.51. The molecule has 3 rings (SSSR count). The van der Waals surface area contributed by atoms with Crippen LogP contribution in [0.3, 0.4) is 0 Å². The van der Waals surface area contributed by atoms with E-state index in [1.54, 1.807) is 0 Å². The van der Waals surface area contributed by atoms with Crippen LogP contribution in [0.5, 0.6) is 0 Å². The van der Waals surface area contributed by atoms with Gasteiger partial charge in [-0.3, -0.25) is 14.5 Å². The minimum Gasteiger partial charge on any atom is -0.352 e. The zero-order chi connectivity index (χ0) is 18.7. The second-order valence-corrected chi connectivity index (χ2v) is 7.56. The maximum absolute atomic E-state index is 12.5. The van der Waals surface area contributed by atoms with Crippen LogP contribution in [0, 0.1) is 0 Å². The largest absolute Gasteiger partial charge is 0.352 e. The Morgan fingerprint density at radius 3 is 2.46 bits per heavy atom. The molecule has 0 atom stereocenters. The number of carbonyl (C=O) groups is 3. The van der Waals surface area contributed by atoms with E-state index in [4.69, 9.17) is 0 Å². The van der Waals surface area contributed by atoms with Crippen molar-refractivity contribution in [3.8, 4) is 0 Å². The van der Waals surface area contributed by atoms with Crippen molar-refractivity contribution < 1.29 is 14.4 Å². The quantitative estimate of drug-likeness (QED) is 0.607. The molecule has 0 unspecified atom stereocenters. The van der Waals surface area contributed by atoms with Gasteiger partial charge in [0.25, 0.3) is 11.8 Å². The molecule has 1 spiro atoms. The van der Waals surface area contributed by atoms with Crippen molar-refractivity contribution in [2.45, 2.75) is 57.4 Å². The van der Waals surface area contributed by atoms with E-state index in [0.29, 0.717) is 31.0 Å². The summed E-state index contributed by atoms with van der Waals surface area (Å²) in [7, 11) is 0. The second-order valence-electron chi connectivity index (χ2n) is 7.56. The molecule has 1 aromatic rings. The van der Waals surface area contributed by atoms with Gasteiger partial charge in [0, 0.05) is 18.7 Å². The van der Waals surface area contributed by atoms with Crippen molar-refractivity contribution in [1.29, 1.82) is 0 Å². The smallest absolute Gasteiger partial charge is 0.325 e. The highest BCUT2D eigenvalue weighted by molar-refractivity contribution is 6.07. The van der Waals surface area contributed by atoms with Crippen LogP contribution < -0.4 is 10.6 Å². The second kappa shape index (κ2) is 7.48. The van der Waals surface area contributed by atoms with E-state index >= 15 is 0 Å². The molecular formula is C20H27N3O3. The Hall–Kier alpha value is -2.37. The summed E-state index contributed by atoms with van der Waals surface area (Å²) in [6.07, 6.45) is 3.97. The summed E-state index contributed by atoms with van der Waals surface area (Å²) in [6.45, 7) is 4.98. The van der Waals surface area contributed by atoms with E-state index in [1.165, 1.54) is 10.5 Å². The summed E-state index contributed by atoms with van der Waals surface area (Å²) in [4.78, 5) is 38.1. The predicted molar refractivity (Wildman–Crippen MR) is 98.9 cm³/mol. The van der Waals surface area contributed by atoms with E-state index in [2.05, 4.69) is 24.5 Å². The number of nitrogens with zero attached hydrogens (tertiary/aromatic N) is 1. The minimum absolute atomic E-state index is 0.101. The number of imide groups is 1. The minimum atomic E-state index is -0.654. The lowest BCUT2D eigenvalue weighted by molar-refractivity contribution is -0.131. The Morgan fingerprint density at radius 2 is 1.85 bits per heavy atom. The summed E-state index contributed by atoms with van der Waals surface area (Å²) in [5.41, 5.74) is 1.16. The Morgan fingerprint density at radius 1 is 1.19 bits per heavy atom. The lowest BCUT2D eigenvalue weighted by atomic mass is 9.98. The lowest BCUT2D eigenvalue weighted by Crippen LogP contribution is -2.44. The van der Waals surface area contributed by atoms with Gasteiger partial charge >= 0.3 is 6.03 Å². The molecule has 6 heteroatoms. The summed E-state index contributed by atoms with van der Waals surface area (Å²) < 4.78 is 0. The van der Waals surface area contributed by atoms with Crippen molar-refractivity contribution in [3.63, 3.8) is 0 Å². The van der Waals surface area contributed by atoms with Crippen molar-refractivity contribution in [3.05, 3.63) is 35.4 Å². The van der Waals surface area contributed by atoms with Crippen LogP contribution >= 0.6 is 0 Å². The number of hydrogen-bond acceptors (Lipinski definition) is 3. The standard InChI is InChI=1S/C20H27N3O3/c1-14(2)15-6-8-16(9-7-15)17(24)21-12-5-13-23-18(25)20(22-19(23)26)10-3-4-11-20/h6-9,14H,3-5,10-13H2,1-2H3,(H,21,24)(H,22,26). The zero-order valence-electron chi connectivity index (χ0n) is 15.5. The van der Waals surface area contributed by atoms with Gasteiger partial charge in [-0.15, -0.1) is 0 Å². The summed E-state index contributed by atoms with van der Waals surface area (Å²) in [5.74, 6) is 0.194. The Labute approximate surface area is 154 Å². The van der Waals surface area contributed by atoms with Crippen molar-refractivity contribution in [2.24, 2.45) is 0 Å². The molecule has 0 aromatic heterocycles. The zero-order valence-corrected chi connectivity index (χ0v) is 15.5. The molecule has 4 amide bonds. The van der Waals surface area contributed by atoms with Crippen LogP contribution in [0.25, 0.3) is 0 Å². The number of carbonyl (C=O) groups excluding carboxylic acids is 3. The number of benzene rings is 1. The first kappa shape index (κ1) is 18.4. The van der Waals surface area contributed by atoms with Crippen molar-refractivity contribution in [2.75, 3.05) is 13.1 Å². The molecule has 0 bridgehead atoms. The van der Waals surface area contributed by atoms with E-state index in [0.717, 1.165) is 25.7 Å². The van der Waals surface area contributed by atoms with Crippen molar-refractivity contribution in [1.82, 2.24) is 15.5 Å². The molecule has 1 aliphatic heterocycles. The summed E-state index contributed by atoms with van der Waals surface area (Å²) >= 11 is 0. The number of hydrogen-bond donors (Lipinski definition) is 2. The maximum atomic E-state index is 12.5. The number of nitrogens with one attached hydrogen (secondary N) is 2. The van der Waals surface area contributed by atoms with Crippen LogP contribution in [0.2, 0.25) is 0 Å². The molecule has 6 nitrogen and oxygen atoms in total. The van der Waals surface area contributed by atoms with Crippen LogP contribution in [-0.4, -0.2) is 41.4 Å². The molecular weight excluding hydrogens is 330 g/mol. The molecule has 26 heavy (non-hydrogen) atoms. The first-order chi connectivity index (χ1) is 12.4. The molecule has 1 saturated heterocycles. The van der Waals surface area contributed by atoms with Crippen LogP contribution in [0.4, 0.5) is 4.79 Å². The first-order valence-corrected chi connectivity index (χ1v) is 9.45. The average molecular weight is 357 g/mol. The molecule has 2 aliphatic rings. The van der Waals surface area contributed by atoms with Crippen LogP contribution in [-0.2, 0) is 4.79 Å². The van der Waals surface area contributed by atoms with E-state index in [-0.39, 0.29) is 17.8 Å². The van der Waals surface area contributed by atoms with E-state index in [1.807, 2.05) is 24.3 Å². The summed E-state index contributed by atoms with van der Waals surface area (Å²) in [6, 6.07) is 7.28. The first-order valence-electron chi connectivity index (χ1n) is 9.45. The third-order valence-corrected chi connectivity index (χ3v) is 5.39. The highest BCUT2D eigenvalue weighted by atomic mass is 16.2. The van der Waals surface area contributed by atoms with Gasteiger partial charge in [-0.2, -0.15) is 0 Å². The number of amides is 4. The topological polar surface area (TPSA) is 78.5 Å². The van der Waals surface area contributed by atoms with E-state index < -0.39 is 5.54 Å². The Bertz CT molecular complexity index is 691. The lowest BCUT2D eigenvalue weighted by Gasteiger charge is -2.20. The fourth-order valence-electron chi connectivity index (χ4n) is 3.76. The van der Waals surface area contributed by atoms with Crippen molar-refractivity contribution >= 4 is 17.8 Å². The third-order valence-electron chi connectivity index (χ3n) is 5.39. The normalized spacial score (nSPS) is 18.7. The van der Waals surface area contributed by atoms with Gasteiger partial charge in [0.05, 0.1) is 0 Å².